The standard InChI is InChI=1S/C11H18N4O3/c1-2-5-12-10(18)15-6-3-11(4-7-15)8(16)13-9(17)14-11/h2-7H2,1H3,(H,12,18)(H2,13,14,16,17). The predicted molar refractivity (Wildman–Crippen MR) is 63.9 cm³/mol. The fraction of sp³-hybridized carbons (Fsp3) is 0.727. The van der Waals surface area contributed by atoms with Gasteiger partial charge in [-0.1, -0.05) is 6.92 Å². The Kier molecular flexibility index (Phi) is 3.40. The summed E-state index contributed by atoms with van der Waals surface area (Å²) in [5.41, 5.74) is -0.807. The van der Waals surface area contributed by atoms with Crippen molar-refractivity contribution < 1.29 is 14.4 Å². The van der Waals surface area contributed by atoms with Crippen LogP contribution in [0.1, 0.15) is 26.2 Å². The highest BCUT2D eigenvalue weighted by molar-refractivity contribution is 6.07. The smallest absolute Gasteiger partial charge is 0.322 e. The summed E-state index contributed by atoms with van der Waals surface area (Å²) in [6, 6.07) is -0.541. The van der Waals surface area contributed by atoms with E-state index in [1.807, 2.05) is 6.92 Å². The van der Waals surface area contributed by atoms with E-state index >= 15 is 0 Å². The predicted octanol–water partition coefficient (Wildman–Crippen LogP) is -0.220. The zero-order chi connectivity index (χ0) is 13.2. The summed E-state index contributed by atoms with van der Waals surface area (Å²) < 4.78 is 0. The van der Waals surface area contributed by atoms with Crippen molar-refractivity contribution in [3.05, 3.63) is 0 Å². The average molecular weight is 254 g/mol. The third-order valence-electron chi connectivity index (χ3n) is 3.44. The van der Waals surface area contributed by atoms with Gasteiger partial charge in [-0.05, 0) is 19.3 Å². The molecule has 18 heavy (non-hydrogen) atoms. The molecule has 0 aromatic rings. The molecule has 0 unspecified atom stereocenters. The number of hydrogen-bond acceptors (Lipinski definition) is 3. The number of likely N-dealkylation sites (tertiary alicyclic amines) is 1. The number of nitrogens with zero attached hydrogens (tertiary/aromatic N) is 1. The molecule has 0 atom stereocenters. The highest BCUT2D eigenvalue weighted by Gasteiger charge is 2.48. The van der Waals surface area contributed by atoms with Crippen LogP contribution in [-0.4, -0.2) is 48.0 Å². The molecule has 2 fully saturated rings. The maximum Gasteiger partial charge on any atom is 0.322 e. The second-order valence-electron chi connectivity index (χ2n) is 4.71. The van der Waals surface area contributed by atoms with Crippen molar-refractivity contribution in [2.75, 3.05) is 19.6 Å². The van der Waals surface area contributed by atoms with E-state index in [1.54, 1.807) is 4.90 Å². The van der Waals surface area contributed by atoms with Crippen molar-refractivity contribution in [3.63, 3.8) is 0 Å². The van der Waals surface area contributed by atoms with E-state index in [9.17, 15) is 14.4 Å². The van der Waals surface area contributed by atoms with Crippen molar-refractivity contribution in [2.45, 2.75) is 31.7 Å². The van der Waals surface area contributed by atoms with Crippen LogP contribution in [0.2, 0.25) is 0 Å². The molecule has 0 aliphatic carbocycles. The number of urea groups is 2. The fourth-order valence-corrected chi connectivity index (χ4v) is 2.32. The fourth-order valence-electron chi connectivity index (χ4n) is 2.32. The van der Waals surface area contributed by atoms with Crippen LogP contribution in [0.15, 0.2) is 0 Å². The van der Waals surface area contributed by atoms with Gasteiger partial charge in [0.05, 0.1) is 0 Å². The molecule has 1 spiro atoms. The lowest BCUT2D eigenvalue weighted by Gasteiger charge is -2.36. The van der Waals surface area contributed by atoms with Gasteiger partial charge in [-0.2, -0.15) is 0 Å². The SMILES string of the molecule is CCCNC(=O)N1CCC2(CC1)NC(=O)NC2=O. The van der Waals surface area contributed by atoms with Gasteiger partial charge in [-0.15, -0.1) is 0 Å². The maximum atomic E-state index is 11.7. The zero-order valence-electron chi connectivity index (χ0n) is 10.4. The normalized spacial score (nSPS) is 21.7. The Morgan fingerprint density at radius 1 is 1.39 bits per heavy atom. The summed E-state index contributed by atoms with van der Waals surface area (Å²) in [5.74, 6) is -0.277. The lowest BCUT2D eigenvalue weighted by atomic mass is 9.88. The highest BCUT2D eigenvalue weighted by Crippen LogP contribution is 2.25. The zero-order valence-corrected chi connectivity index (χ0v) is 10.4. The van der Waals surface area contributed by atoms with E-state index in [0.29, 0.717) is 32.5 Å². The average Bonchev–Trinajstić information content (AvgIpc) is 2.62. The van der Waals surface area contributed by atoms with Crippen molar-refractivity contribution in [3.8, 4) is 0 Å². The Labute approximate surface area is 105 Å². The van der Waals surface area contributed by atoms with Gasteiger partial charge in [0.2, 0.25) is 0 Å². The Bertz CT molecular complexity index is 374. The number of carbonyl (C=O) groups excluding carboxylic acids is 3. The van der Waals surface area contributed by atoms with Crippen LogP contribution in [0.3, 0.4) is 0 Å². The number of hydrogen-bond donors (Lipinski definition) is 3. The minimum atomic E-state index is -0.807. The van der Waals surface area contributed by atoms with Crippen molar-refractivity contribution in [1.82, 2.24) is 20.9 Å². The van der Waals surface area contributed by atoms with Crippen molar-refractivity contribution in [2.24, 2.45) is 0 Å². The number of imide groups is 1. The lowest BCUT2D eigenvalue weighted by molar-refractivity contribution is -0.125. The third-order valence-corrected chi connectivity index (χ3v) is 3.44. The summed E-state index contributed by atoms with van der Waals surface area (Å²) >= 11 is 0. The van der Waals surface area contributed by atoms with Crippen LogP contribution in [0.4, 0.5) is 9.59 Å². The largest absolute Gasteiger partial charge is 0.338 e. The van der Waals surface area contributed by atoms with Gasteiger partial charge in [0.25, 0.3) is 5.91 Å². The van der Waals surface area contributed by atoms with E-state index in [4.69, 9.17) is 0 Å². The van der Waals surface area contributed by atoms with E-state index in [1.165, 1.54) is 0 Å². The molecule has 0 bridgehead atoms. The molecule has 2 rings (SSSR count). The molecule has 7 heteroatoms. The molecule has 0 radical (unpaired) electrons. The van der Waals surface area contributed by atoms with Crippen LogP contribution in [0.25, 0.3) is 0 Å². The summed E-state index contributed by atoms with van der Waals surface area (Å²) in [5, 5.41) is 7.71. The monoisotopic (exact) mass is 254 g/mol. The lowest BCUT2D eigenvalue weighted by Crippen LogP contribution is -2.57. The third kappa shape index (κ3) is 2.25. The molecular weight excluding hydrogens is 236 g/mol. The van der Waals surface area contributed by atoms with E-state index in [2.05, 4.69) is 16.0 Å². The number of nitrogens with one attached hydrogen (secondary N) is 3. The summed E-state index contributed by atoms with van der Waals surface area (Å²) in [7, 11) is 0. The first-order valence-corrected chi connectivity index (χ1v) is 6.24. The molecule has 2 saturated heterocycles. The van der Waals surface area contributed by atoms with Crippen LogP contribution < -0.4 is 16.0 Å². The van der Waals surface area contributed by atoms with Crippen LogP contribution in [0, 0.1) is 0 Å². The first-order chi connectivity index (χ1) is 8.57. The van der Waals surface area contributed by atoms with Crippen LogP contribution in [0.5, 0.6) is 0 Å². The minimum absolute atomic E-state index is 0.101. The summed E-state index contributed by atoms with van der Waals surface area (Å²) in [6.45, 7) is 3.59. The second kappa shape index (κ2) is 4.83. The van der Waals surface area contributed by atoms with Crippen molar-refractivity contribution >= 4 is 18.0 Å². The van der Waals surface area contributed by atoms with Gasteiger partial charge < -0.3 is 15.5 Å². The molecule has 2 heterocycles. The molecule has 5 amide bonds. The Morgan fingerprint density at radius 2 is 2.06 bits per heavy atom. The number of rotatable bonds is 2. The molecule has 100 valence electrons. The molecule has 0 aromatic heterocycles. The van der Waals surface area contributed by atoms with Gasteiger partial charge in [0, 0.05) is 19.6 Å². The minimum Gasteiger partial charge on any atom is -0.338 e. The highest BCUT2D eigenvalue weighted by atomic mass is 16.2. The number of carbonyl (C=O) groups is 3. The Hall–Kier alpha value is -1.79. The number of piperidine rings is 1. The van der Waals surface area contributed by atoms with E-state index < -0.39 is 11.6 Å². The van der Waals surface area contributed by atoms with Crippen LogP contribution >= 0.6 is 0 Å². The molecule has 3 N–H and O–H groups in total. The van der Waals surface area contributed by atoms with Crippen molar-refractivity contribution in [1.29, 1.82) is 0 Å². The quantitative estimate of drug-likeness (QED) is 0.595. The molecular formula is C11H18N4O3. The first kappa shape index (κ1) is 12.7. The molecule has 0 saturated carbocycles. The van der Waals surface area contributed by atoms with E-state index in [0.717, 1.165) is 6.42 Å². The second-order valence-corrected chi connectivity index (χ2v) is 4.71. The molecule has 2 aliphatic heterocycles. The topological polar surface area (TPSA) is 90.5 Å². The molecule has 2 aliphatic rings. The first-order valence-electron chi connectivity index (χ1n) is 6.24. The van der Waals surface area contributed by atoms with Gasteiger partial charge in [-0.3, -0.25) is 10.1 Å². The number of amides is 5. The van der Waals surface area contributed by atoms with Gasteiger partial charge in [0.15, 0.2) is 0 Å². The van der Waals surface area contributed by atoms with Crippen LogP contribution in [-0.2, 0) is 4.79 Å². The molecule has 7 nitrogen and oxygen atoms in total. The summed E-state index contributed by atoms with van der Waals surface area (Å²) in [6.07, 6.45) is 1.82. The van der Waals surface area contributed by atoms with Gasteiger partial charge in [0.1, 0.15) is 5.54 Å². The van der Waals surface area contributed by atoms with Gasteiger partial charge in [-0.25, -0.2) is 9.59 Å². The van der Waals surface area contributed by atoms with E-state index in [-0.39, 0.29) is 11.9 Å². The maximum absolute atomic E-state index is 11.7. The summed E-state index contributed by atoms with van der Waals surface area (Å²) in [4.78, 5) is 36.3. The Morgan fingerprint density at radius 3 is 2.56 bits per heavy atom. The molecule has 0 aromatic carbocycles. The Balaban J connectivity index is 1.90. The van der Waals surface area contributed by atoms with Gasteiger partial charge >= 0.3 is 12.1 Å².